The van der Waals surface area contributed by atoms with Crippen molar-refractivity contribution in [1.29, 1.82) is 0 Å². The van der Waals surface area contributed by atoms with E-state index in [1.807, 2.05) is 18.2 Å². The van der Waals surface area contributed by atoms with Crippen molar-refractivity contribution in [2.24, 2.45) is 0 Å². The Morgan fingerprint density at radius 1 is 1.12 bits per heavy atom. The zero-order chi connectivity index (χ0) is 11.8. The fraction of sp³-hybridized carbons (Fsp3) is 0.308. The SMILES string of the molecule is CC(C)(C)n1cc(-c2ccccc2)c(=S)s1. The van der Waals surface area contributed by atoms with Gasteiger partial charge in [-0.05, 0) is 37.9 Å². The molecular weight excluding hydrogens is 234 g/mol. The number of rotatable bonds is 1. The lowest BCUT2D eigenvalue weighted by molar-refractivity contribution is 0.429. The number of benzene rings is 1. The van der Waals surface area contributed by atoms with E-state index in [2.05, 4.69) is 43.1 Å². The van der Waals surface area contributed by atoms with Gasteiger partial charge in [0.25, 0.3) is 0 Å². The molecule has 0 aliphatic rings. The highest BCUT2D eigenvalue weighted by molar-refractivity contribution is 7.73. The van der Waals surface area contributed by atoms with E-state index in [1.54, 1.807) is 11.5 Å². The molecule has 16 heavy (non-hydrogen) atoms. The van der Waals surface area contributed by atoms with Gasteiger partial charge in [-0.3, -0.25) is 3.96 Å². The van der Waals surface area contributed by atoms with Crippen molar-refractivity contribution in [2.75, 3.05) is 0 Å². The first kappa shape index (κ1) is 11.6. The van der Waals surface area contributed by atoms with Crippen LogP contribution in [0.1, 0.15) is 20.8 Å². The highest BCUT2D eigenvalue weighted by Gasteiger charge is 2.15. The van der Waals surface area contributed by atoms with Crippen molar-refractivity contribution in [1.82, 2.24) is 3.96 Å². The van der Waals surface area contributed by atoms with Crippen molar-refractivity contribution in [2.45, 2.75) is 26.3 Å². The maximum absolute atomic E-state index is 5.42. The van der Waals surface area contributed by atoms with Crippen LogP contribution < -0.4 is 0 Å². The summed E-state index contributed by atoms with van der Waals surface area (Å²) < 4.78 is 3.18. The highest BCUT2D eigenvalue weighted by Crippen LogP contribution is 2.28. The first-order valence-electron chi connectivity index (χ1n) is 5.27. The van der Waals surface area contributed by atoms with Crippen LogP contribution in [0.2, 0.25) is 0 Å². The van der Waals surface area contributed by atoms with Gasteiger partial charge in [0.05, 0.1) is 0 Å². The summed E-state index contributed by atoms with van der Waals surface area (Å²) in [4.78, 5) is 0. The molecule has 2 aromatic rings. The first-order chi connectivity index (χ1) is 7.48. The Bertz CT molecular complexity index is 529. The summed E-state index contributed by atoms with van der Waals surface area (Å²) >= 11 is 7.07. The minimum atomic E-state index is 0.102. The predicted octanol–water partition coefficient (Wildman–Crippen LogP) is 4.70. The van der Waals surface area contributed by atoms with E-state index in [9.17, 15) is 0 Å². The van der Waals surface area contributed by atoms with Crippen LogP contribution >= 0.6 is 23.8 Å². The molecule has 0 aliphatic carbocycles. The molecule has 0 saturated carbocycles. The quantitative estimate of drug-likeness (QED) is 0.663. The lowest BCUT2D eigenvalue weighted by Gasteiger charge is -2.19. The number of aromatic nitrogens is 1. The van der Waals surface area contributed by atoms with Crippen molar-refractivity contribution in [3.8, 4) is 11.1 Å². The lowest BCUT2D eigenvalue weighted by atomic mass is 10.1. The molecular formula is C13H15NS2. The van der Waals surface area contributed by atoms with Crippen LogP contribution in [0.4, 0.5) is 0 Å². The average molecular weight is 249 g/mol. The average Bonchev–Trinajstić information content (AvgIpc) is 2.61. The van der Waals surface area contributed by atoms with Gasteiger partial charge in [0.15, 0.2) is 0 Å². The molecule has 1 aromatic carbocycles. The standard InChI is InChI=1S/C13H15NS2/c1-13(2,3)14-9-11(12(15)16-14)10-7-5-4-6-8-10/h4-9H,1-3H3. The van der Waals surface area contributed by atoms with Gasteiger partial charge >= 0.3 is 0 Å². The molecule has 0 unspecified atom stereocenters. The first-order valence-corrected chi connectivity index (χ1v) is 6.45. The van der Waals surface area contributed by atoms with Gasteiger partial charge in [0.2, 0.25) is 0 Å². The second-order valence-corrected chi connectivity index (χ2v) is 6.44. The third-order valence-corrected chi connectivity index (χ3v) is 4.07. The molecule has 0 radical (unpaired) electrons. The summed E-state index contributed by atoms with van der Waals surface area (Å²) in [6.45, 7) is 6.56. The van der Waals surface area contributed by atoms with Crippen molar-refractivity contribution >= 4 is 23.8 Å². The molecule has 84 valence electrons. The molecule has 3 heteroatoms. The molecule has 0 fully saturated rings. The Labute approximate surface area is 106 Å². The molecule has 0 N–H and O–H groups in total. The van der Waals surface area contributed by atoms with Crippen LogP contribution in [0.25, 0.3) is 11.1 Å². The van der Waals surface area contributed by atoms with Gasteiger partial charge in [-0.15, -0.1) is 0 Å². The second-order valence-electron chi connectivity index (χ2n) is 4.78. The van der Waals surface area contributed by atoms with Gasteiger partial charge in [0.1, 0.15) is 3.82 Å². The summed E-state index contributed by atoms with van der Waals surface area (Å²) in [7, 11) is 0. The Hall–Kier alpha value is -0.930. The molecule has 2 rings (SSSR count). The molecule has 1 nitrogen and oxygen atoms in total. The molecule has 1 heterocycles. The minimum absolute atomic E-state index is 0.102. The molecule has 0 saturated heterocycles. The van der Waals surface area contributed by atoms with E-state index in [4.69, 9.17) is 12.2 Å². The molecule has 0 spiro atoms. The van der Waals surface area contributed by atoms with Crippen molar-refractivity contribution in [3.05, 3.63) is 40.4 Å². The summed E-state index contributed by atoms with van der Waals surface area (Å²) in [6, 6.07) is 10.3. The Balaban J connectivity index is 2.53. The fourth-order valence-electron chi connectivity index (χ4n) is 1.48. The van der Waals surface area contributed by atoms with Gasteiger partial charge < -0.3 is 0 Å². The zero-order valence-electron chi connectivity index (χ0n) is 9.73. The second kappa shape index (κ2) is 4.15. The normalized spacial score (nSPS) is 11.7. The van der Waals surface area contributed by atoms with Gasteiger partial charge in [-0.1, -0.05) is 42.5 Å². The fourth-order valence-corrected chi connectivity index (χ4v) is 2.77. The van der Waals surface area contributed by atoms with Crippen LogP contribution in [0, 0.1) is 3.82 Å². The van der Waals surface area contributed by atoms with E-state index < -0.39 is 0 Å². The van der Waals surface area contributed by atoms with Crippen LogP contribution in [0.15, 0.2) is 36.5 Å². The number of hydrogen-bond donors (Lipinski definition) is 0. The Morgan fingerprint density at radius 2 is 1.75 bits per heavy atom. The van der Waals surface area contributed by atoms with Gasteiger partial charge in [-0.2, -0.15) is 0 Å². The Kier molecular flexibility index (Phi) is 3.00. The molecule has 0 amide bonds. The molecule has 0 atom stereocenters. The molecule has 0 bridgehead atoms. The largest absolute Gasteiger partial charge is 0.298 e. The minimum Gasteiger partial charge on any atom is -0.298 e. The topological polar surface area (TPSA) is 4.93 Å². The maximum Gasteiger partial charge on any atom is 0.116 e. The van der Waals surface area contributed by atoms with Crippen LogP contribution in [-0.2, 0) is 5.54 Å². The van der Waals surface area contributed by atoms with E-state index in [1.165, 1.54) is 5.56 Å². The zero-order valence-corrected chi connectivity index (χ0v) is 11.4. The summed E-state index contributed by atoms with van der Waals surface area (Å²) in [6.07, 6.45) is 2.16. The predicted molar refractivity (Wildman–Crippen MR) is 73.6 cm³/mol. The van der Waals surface area contributed by atoms with Crippen LogP contribution in [0.3, 0.4) is 0 Å². The summed E-state index contributed by atoms with van der Waals surface area (Å²) in [5.74, 6) is 0. The summed E-state index contributed by atoms with van der Waals surface area (Å²) in [5, 5.41) is 0. The van der Waals surface area contributed by atoms with Gasteiger partial charge in [-0.25, -0.2) is 0 Å². The van der Waals surface area contributed by atoms with E-state index in [0.29, 0.717) is 0 Å². The third-order valence-electron chi connectivity index (χ3n) is 2.39. The number of nitrogens with zero attached hydrogens (tertiary/aromatic N) is 1. The van der Waals surface area contributed by atoms with Gasteiger partial charge in [0, 0.05) is 17.3 Å². The van der Waals surface area contributed by atoms with Crippen LogP contribution in [-0.4, -0.2) is 3.96 Å². The highest BCUT2D eigenvalue weighted by atomic mass is 32.2. The van der Waals surface area contributed by atoms with Crippen LogP contribution in [0.5, 0.6) is 0 Å². The van der Waals surface area contributed by atoms with E-state index in [0.717, 1.165) is 9.39 Å². The lowest BCUT2D eigenvalue weighted by Crippen LogP contribution is -2.17. The molecule has 1 aromatic heterocycles. The maximum atomic E-state index is 5.42. The van der Waals surface area contributed by atoms with E-state index >= 15 is 0 Å². The monoisotopic (exact) mass is 249 g/mol. The number of hydrogen-bond acceptors (Lipinski definition) is 2. The third kappa shape index (κ3) is 2.25. The van der Waals surface area contributed by atoms with Crippen molar-refractivity contribution < 1.29 is 0 Å². The molecule has 0 aliphatic heterocycles. The summed E-state index contributed by atoms with van der Waals surface area (Å²) in [5.41, 5.74) is 2.47. The Morgan fingerprint density at radius 3 is 2.25 bits per heavy atom. The van der Waals surface area contributed by atoms with E-state index in [-0.39, 0.29) is 5.54 Å². The smallest absolute Gasteiger partial charge is 0.116 e. The van der Waals surface area contributed by atoms with Crippen molar-refractivity contribution in [3.63, 3.8) is 0 Å².